The van der Waals surface area contributed by atoms with Crippen LogP contribution in [0.1, 0.15) is 22.3 Å². The minimum absolute atomic E-state index is 0.583. The average Bonchev–Trinajstić information content (AvgIpc) is 2.63. The van der Waals surface area contributed by atoms with Gasteiger partial charge in [0.25, 0.3) is 0 Å². The Labute approximate surface area is 154 Å². The number of halogens is 1. The minimum Gasteiger partial charge on any atom is -0.489 e. The maximum Gasteiger partial charge on any atom is 0.119 e. The van der Waals surface area contributed by atoms with Crippen molar-refractivity contribution in [2.75, 3.05) is 5.32 Å². The van der Waals surface area contributed by atoms with E-state index in [-0.39, 0.29) is 0 Å². The quantitative estimate of drug-likeness (QED) is 0.575. The summed E-state index contributed by atoms with van der Waals surface area (Å²) in [4.78, 5) is 0. The second kappa shape index (κ2) is 8.09. The number of hydrogen-bond acceptors (Lipinski definition) is 2. The molecule has 3 aromatic carbocycles. The molecule has 0 radical (unpaired) electrons. The third-order valence-corrected chi connectivity index (χ3v) is 4.37. The van der Waals surface area contributed by atoms with Crippen LogP contribution < -0.4 is 10.1 Å². The van der Waals surface area contributed by atoms with Crippen molar-refractivity contribution in [2.24, 2.45) is 0 Å². The van der Waals surface area contributed by atoms with E-state index in [1.807, 2.05) is 30.3 Å². The Kier molecular flexibility index (Phi) is 5.62. The standard InChI is InChI=1S/C22H22ClNO/c1-16-3-6-19(7-4-16)15-25-21-11-8-18(9-12-21)14-24-22-13-20(23)10-5-17(22)2/h3-13,24H,14-15H2,1-2H3. The van der Waals surface area contributed by atoms with E-state index in [1.54, 1.807) is 0 Å². The molecule has 3 aromatic rings. The van der Waals surface area contributed by atoms with Gasteiger partial charge >= 0.3 is 0 Å². The SMILES string of the molecule is Cc1ccc(COc2ccc(CNc3cc(Cl)ccc3C)cc2)cc1. The van der Waals surface area contributed by atoms with Crippen LogP contribution in [0.4, 0.5) is 5.69 Å². The van der Waals surface area contributed by atoms with Crippen molar-refractivity contribution >= 4 is 17.3 Å². The molecule has 0 heterocycles. The average molecular weight is 352 g/mol. The van der Waals surface area contributed by atoms with Crippen molar-refractivity contribution in [2.45, 2.75) is 27.0 Å². The molecule has 0 atom stereocenters. The maximum absolute atomic E-state index is 6.06. The Morgan fingerprint density at radius 1 is 0.840 bits per heavy atom. The molecular weight excluding hydrogens is 330 g/mol. The second-order valence-corrected chi connectivity index (χ2v) is 6.67. The van der Waals surface area contributed by atoms with Crippen LogP contribution in [0.3, 0.4) is 0 Å². The van der Waals surface area contributed by atoms with Crippen LogP contribution >= 0.6 is 11.6 Å². The summed E-state index contributed by atoms with van der Waals surface area (Å²) in [6.45, 7) is 5.49. The lowest BCUT2D eigenvalue weighted by atomic mass is 10.1. The van der Waals surface area contributed by atoms with Gasteiger partial charge in [0.1, 0.15) is 12.4 Å². The molecule has 25 heavy (non-hydrogen) atoms. The Morgan fingerprint density at radius 3 is 2.24 bits per heavy atom. The van der Waals surface area contributed by atoms with Gasteiger partial charge in [0, 0.05) is 17.3 Å². The first-order chi connectivity index (χ1) is 12.1. The molecule has 0 saturated carbocycles. The van der Waals surface area contributed by atoms with Gasteiger partial charge in [0.05, 0.1) is 0 Å². The first-order valence-electron chi connectivity index (χ1n) is 8.37. The molecule has 1 N–H and O–H groups in total. The summed E-state index contributed by atoms with van der Waals surface area (Å²) >= 11 is 6.06. The minimum atomic E-state index is 0.583. The molecule has 0 bridgehead atoms. The number of hydrogen-bond donors (Lipinski definition) is 1. The summed E-state index contributed by atoms with van der Waals surface area (Å²) in [5, 5.41) is 4.17. The molecule has 0 fully saturated rings. The third kappa shape index (κ3) is 5.01. The summed E-state index contributed by atoms with van der Waals surface area (Å²) < 4.78 is 5.85. The number of nitrogens with one attached hydrogen (secondary N) is 1. The fourth-order valence-electron chi connectivity index (χ4n) is 2.54. The highest BCUT2D eigenvalue weighted by Gasteiger charge is 2.01. The van der Waals surface area contributed by atoms with Crippen LogP contribution in [0, 0.1) is 13.8 Å². The van der Waals surface area contributed by atoms with E-state index >= 15 is 0 Å². The Balaban J connectivity index is 1.55. The Bertz CT molecular complexity index is 826. The lowest BCUT2D eigenvalue weighted by molar-refractivity contribution is 0.306. The fraction of sp³-hybridized carbons (Fsp3) is 0.182. The first-order valence-corrected chi connectivity index (χ1v) is 8.75. The first kappa shape index (κ1) is 17.4. The molecule has 128 valence electrons. The van der Waals surface area contributed by atoms with Crippen LogP contribution in [0.25, 0.3) is 0 Å². The van der Waals surface area contributed by atoms with E-state index in [0.717, 1.165) is 23.0 Å². The van der Waals surface area contributed by atoms with E-state index in [1.165, 1.54) is 22.3 Å². The van der Waals surface area contributed by atoms with Crippen molar-refractivity contribution in [3.8, 4) is 5.75 Å². The fourth-order valence-corrected chi connectivity index (χ4v) is 2.71. The summed E-state index contributed by atoms with van der Waals surface area (Å²) in [6, 6.07) is 22.5. The maximum atomic E-state index is 6.06. The molecule has 3 rings (SSSR count). The van der Waals surface area contributed by atoms with Crippen molar-refractivity contribution in [3.05, 3.63) is 94.0 Å². The van der Waals surface area contributed by atoms with Crippen LogP contribution in [-0.2, 0) is 13.2 Å². The molecule has 0 saturated heterocycles. The number of anilines is 1. The third-order valence-electron chi connectivity index (χ3n) is 4.13. The lowest BCUT2D eigenvalue weighted by Gasteiger charge is -2.11. The van der Waals surface area contributed by atoms with Gasteiger partial charge < -0.3 is 10.1 Å². The van der Waals surface area contributed by atoms with Gasteiger partial charge in [0.2, 0.25) is 0 Å². The van der Waals surface area contributed by atoms with Gasteiger partial charge in [-0.3, -0.25) is 0 Å². The largest absolute Gasteiger partial charge is 0.489 e. The van der Waals surface area contributed by atoms with Crippen LogP contribution in [-0.4, -0.2) is 0 Å². The highest BCUT2D eigenvalue weighted by molar-refractivity contribution is 6.30. The highest BCUT2D eigenvalue weighted by Crippen LogP contribution is 2.21. The van der Waals surface area contributed by atoms with Crippen LogP contribution in [0.5, 0.6) is 5.75 Å². The zero-order valence-corrected chi connectivity index (χ0v) is 15.3. The van der Waals surface area contributed by atoms with Gasteiger partial charge in [-0.2, -0.15) is 0 Å². The van der Waals surface area contributed by atoms with E-state index in [4.69, 9.17) is 16.3 Å². The van der Waals surface area contributed by atoms with Gasteiger partial charge in [-0.25, -0.2) is 0 Å². The number of aryl methyl sites for hydroxylation is 2. The molecule has 0 spiro atoms. The van der Waals surface area contributed by atoms with E-state index in [0.29, 0.717) is 6.61 Å². The number of rotatable bonds is 6. The Hall–Kier alpha value is -2.45. The van der Waals surface area contributed by atoms with Gasteiger partial charge in [-0.05, 0) is 54.8 Å². The van der Waals surface area contributed by atoms with Crippen molar-refractivity contribution in [1.29, 1.82) is 0 Å². The summed E-state index contributed by atoms with van der Waals surface area (Å²) in [6.07, 6.45) is 0. The number of ether oxygens (including phenoxy) is 1. The monoisotopic (exact) mass is 351 g/mol. The van der Waals surface area contributed by atoms with Crippen molar-refractivity contribution < 1.29 is 4.74 Å². The molecule has 0 unspecified atom stereocenters. The van der Waals surface area contributed by atoms with Gasteiger partial charge in [-0.1, -0.05) is 59.6 Å². The Morgan fingerprint density at radius 2 is 1.52 bits per heavy atom. The zero-order valence-electron chi connectivity index (χ0n) is 14.6. The summed E-state index contributed by atoms with van der Waals surface area (Å²) in [5.41, 5.74) is 5.88. The molecule has 0 amide bonds. The van der Waals surface area contributed by atoms with Crippen LogP contribution in [0.15, 0.2) is 66.7 Å². The zero-order chi connectivity index (χ0) is 17.6. The smallest absolute Gasteiger partial charge is 0.119 e. The van der Waals surface area contributed by atoms with Gasteiger partial charge in [-0.15, -0.1) is 0 Å². The lowest BCUT2D eigenvalue weighted by Crippen LogP contribution is -2.01. The highest BCUT2D eigenvalue weighted by atomic mass is 35.5. The topological polar surface area (TPSA) is 21.3 Å². The predicted octanol–water partition coefficient (Wildman–Crippen LogP) is 6.15. The van der Waals surface area contributed by atoms with Crippen LogP contribution in [0.2, 0.25) is 5.02 Å². The molecule has 2 nitrogen and oxygen atoms in total. The molecule has 0 aliphatic carbocycles. The number of benzene rings is 3. The molecule has 0 aliphatic rings. The van der Waals surface area contributed by atoms with Gasteiger partial charge in [0.15, 0.2) is 0 Å². The molecule has 0 aliphatic heterocycles. The molecular formula is C22H22ClNO. The van der Waals surface area contributed by atoms with Crippen molar-refractivity contribution in [1.82, 2.24) is 0 Å². The predicted molar refractivity (Wildman–Crippen MR) is 105 cm³/mol. The second-order valence-electron chi connectivity index (χ2n) is 6.23. The van der Waals surface area contributed by atoms with Crippen molar-refractivity contribution in [3.63, 3.8) is 0 Å². The molecule has 3 heteroatoms. The van der Waals surface area contributed by atoms with E-state index in [9.17, 15) is 0 Å². The van der Waals surface area contributed by atoms with E-state index < -0.39 is 0 Å². The summed E-state index contributed by atoms with van der Waals surface area (Å²) in [5.74, 6) is 0.878. The van der Waals surface area contributed by atoms with E-state index in [2.05, 4.69) is 55.6 Å². The summed E-state index contributed by atoms with van der Waals surface area (Å²) in [7, 11) is 0. The molecule has 0 aromatic heterocycles. The normalized spacial score (nSPS) is 10.5.